The third-order valence-corrected chi connectivity index (χ3v) is 8.89. The zero-order valence-electron chi connectivity index (χ0n) is 23.9. The second-order valence-electron chi connectivity index (χ2n) is 11.8. The number of anilines is 1. The van der Waals surface area contributed by atoms with Crippen molar-refractivity contribution in [2.24, 2.45) is 0 Å². The van der Waals surface area contributed by atoms with E-state index in [9.17, 15) is 5.11 Å². The van der Waals surface area contributed by atoms with Crippen LogP contribution in [0, 0.1) is 5.82 Å². The molecule has 3 saturated heterocycles. The summed E-state index contributed by atoms with van der Waals surface area (Å²) in [5.41, 5.74) is 0.860. The van der Waals surface area contributed by atoms with Crippen molar-refractivity contribution >= 4 is 27.5 Å². The van der Waals surface area contributed by atoms with Crippen LogP contribution in [0.2, 0.25) is 0 Å². The number of nitrogens with one attached hydrogen (secondary N) is 1. The van der Waals surface area contributed by atoms with Gasteiger partial charge >= 0.3 is 6.01 Å². The number of likely N-dealkylation sites (tertiary alicyclic amines) is 1. The van der Waals surface area contributed by atoms with E-state index in [4.69, 9.17) is 14.5 Å². The van der Waals surface area contributed by atoms with E-state index in [1.807, 2.05) is 24.3 Å². The van der Waals surface area contributed by atoms with E-state index in [2.05, 4.69) is 25.1 Å². The molecular formula is C32H37FN6O3. The lowest BCUT2D eigenvalue weighted by molar-refractivity contribution is 0.0866. The van der Waals surface area contributed by atoms with Gasteiger partial charge < -0.3 is 29.7 Å². The van der Waals surface area contributed by atoms with Crippen LogP contribution in [-0.4, -0.2) is 89.6 Å². The molecule has 4 aromatic rings. The van der Waals surface area contributed by atoms with Crippen LogP contribution < -0.4 is 15.0 Å². The van der Waals surface area contributed by atoms with E-state index in [0.29, 0.717) is 28.9 Å². The summed E-state index contributed by atoms with van der Waals surface area (Å²) in [6, 6.07) is 11.8. The number of rotatable bonds is 8. The van der Waals surface area contributed by atoms with Crippen molar-refractivity contribution < 1.29 is 19.0 Å². The predicted molar refractivity (Wildman–Crippen MR) is 161 cm³/mol. The lowest BCUT2D eigenvalue weighted by Gasteiger charge is -2.35. The molecule has 0 amide bonds. The number of pyridine rings is 1. The first-order valence-electron chi connectivity index (χ1n) is 15.0. The number of halogens is 1. The fourth-order valence-corrected chi connectivity index (χ4v) is 6.80. The van der Waals surface area contributed by atoms with Crippen LogP contribution in [0.5, 0.6) is 11.8 Å². The summed E-state index contributed by atoms with van der Waals surface area (Å²) in [5.74, 6) is 0.189. The second-order valence-corrected chi connectivity index (χ2v) is 11.8. The van der Waals surface area contributed by atoms with Crippen molar-refractivity contribution in [3.63, 3.8) is 0 Å². The molecule has 0 saturated carbocycles. The number of ether oxygens (including phenoxy) is 2. The Morgan fingerprint density at radius 2 is 1.81 bits per heavy atom. The Morgan fingerprint density at radius 3 is 2.60 bits per heavy atom. The average Bonchev–Trinajstić information content (AvgIpc) is 3.34. The van der Waals surface area contributed by atoms with Crippen LogP contribution >= 0.6 is 0 Å². The standard InChI is InChI=1S/C32H37FN6O3/c1-41-14-4-11-38-12-9-24(10-13-38)42-32-36-30-27(31(37-32)39-18-21-7-8-22(19-39)35-21)17-34-29(28(30)33)26-16-23(40)15-20-5-2-3-6-25(20)26/h2-3,5-6,15-17,21-22,24,35,40H,4,7-14,18-19H2,1H3. The number of phenols is 1. The molecule has 2 N–H and O–H groups in total. The Labute approximate surface area is 244 Å². The van der Waals surface area contributed by atoms with E-state index in [0.717, 1.165) is 82.2 Å². The molecule has 2 aromatic carbocycles. The van der Waals surface area contributed by atoms with Gasteiger partial charge in [0.2, 0.25) is 0 Å². The highest BCUT2D eigenvalue weighted by Crippen LogP contribution is 2.37. The maximum absolute atomic E-state index is 16.5. The molecule has 0 aliphatic carbocycles. The highest BCUT2D eigenvalue weighted by atomic mass is 19.1. The summed E-state index contributed by atoms with van der Waals surface area (Å²) in [7, 11) is 1.73. The van der Waals surface area contributed by atoms with Crippen LogP contribution in [0.25, 0.3) is 32.9 Å². The largest absolute Gasteiger partial charge is 0.508 e. The number of piperidine rings is 1. The molecule has 2 atom stereocenters. The molecule has 5 heterocycles. The molecule has 0 radical (unpaired) electrons. The van der Waals surface area contributed by atoms with Crippen molar-refractivity contribution in [2.75, 3.05) is 51.3 Å². The number of nitrogens with zero attached hydrogens (tertiary/aromatic N) is 5. The van der Waals surface area contributed by atoms with E-state index in [-0.39, 0.29) is 29.1 Å². The lowest BCUT2D eigenvalue weighted by atomic mass is 10.00. The lowest BCUT2D eigenvalue weighted by Crippen LogP contribution is -2.51. The molecule has 9 nitrogen and oxygen atoms in total. The first-order valence-corrected chi connectivity index (χ1v) is 15.0. The molecule has 7 rings (SSSR count). The zero-order valence-corrected chi connectivity index (χ0v) is 23.9. The van der Waals surface area contributed by atoms with Crippen LogP contribution in [0.4, 0.5) is 10.2 Å². The molecule has 10 heteroatoms. The highest BCUT2D eigenvalue weighted by molar-refractivity contribution is 5.99. The van der Waals surface area contributed by atoms with E-state index >= 15 is 4.39 Å². The Balaban J connectivity index is 1.26. The van der Waals surface area contributed by atoms with Gasteiger partial charge in [0.15, 0.2) is 5.82 Å². The Hall–Kier alpha value is -3.60. The molecule has 2 aromatic heterocycles. The summed E-state index contributed by atoms with van der Waals surface area (Å²) >= 11 is 0. The minimum atomic E-state index is -0.539. The number of phenolic OH excluding ortho intramolecular Hbond substituents is 1. The third kappa shape index (κ3) is 5.34. The van der Waals surface area contributed by atoms with E-state index < -0.39 is 5.82 Å². The second kappa shape index (κ2) is 11.6. The number of methoxy groups -OCH3 is 1. The van der Waals surface area contributed by atoms with Crippen molar-refractivity contribution in [1.29, 1.82) is 0 Å². The van der Waals surface area contributed by atoms with Gasteiger partial charge in [0.1, 0.15) is 28.9 Å². The van der Waals surface area contributed by atoms with Crippen molar-refractivity contribution in [3.8, 4) is 23.0 Å². The number of fused-ring (bicyclic) bond motifs is 4. The Morgan fingerprint density at radius 1 is 1.02 bits per heavy atom. The van der Waals surface area contributed by atoms with Gasteiger partial charge in [0.05, 0.1) is 5.39 Å². The number of hydrogen-bond donors (Lipinski definition) is 2. The monoisotopic (exact) mass is 572 g/mol. The topological polar surface area (TPSA) is 95.9 Å². The molecule has 3 fully saturated rings. The molecule has 3 aliphatic rings. The van der Waals surface area contributed by atoms with Crippen molar-refractivity contribution in [1.82, 2.24) is 25.2 Å². The number of piperazine rings is 1. The fourth-order valence-electron chi connectivity index (χ4n) is 6.80. The van der Waals surface area contributed by atoms with Crippen LogP contribution in [-0.2, 0) is 4.74 Å². The van der Waals surface area contributed by atoms with Gasteiger partial charge in [-0.05, 0) is 55.0 Å². The maximum Gasteiger partial charge on any atom is 0.319 e. The highest BCUT2D eigenvalue weighted by Gasteiger charge is 2.34. The minimum absolute atomic E-state index is 0.0347. The van der Waals surface area contributed by atoms with Gasteiger partial charge in [-0.25, -0.2) is 4.39 Å². The number of hydrogen-bond acceptors (Lipinski definition) is 9. The summed E-state index contributed by atoms with van der Waals surface area (Å²) in [6.45, 7) is 5.23. The summed E-state index contributed by atoms with van der Waals surface area (Å²) in [4.78, 5) is 18.8. The van der Waals surface area contributed by atoms with Gasteiger partial charge in [-0.1, -0.05) is 24.3 Å². The first kappa shape index (κ1) is 27.2. The zero-order chi connectivity index (χ0) is 28.6. The smallest absolute Gasteiger partial charge is 0.319 e. The van der Waals surface area contributed by atoms with Gasteiger partial charge in [-0.15, -0.1) is 0 Å². The molecule has 0 spiro atoms. The first-order chi connectivity index (χ1) is 20.6. The third-order valence-electron chi connectivity index (χ3n) is 8.89. The van der Waals surface area contributed by atoms with Crippen molar-refractivity contribution in [2.45, 2.75) is 50.3 Å². The van der Waals surface area contributed by atoms with Gasteiger partial charge in [0.25, 0.3) is 0 Å². The average molecular weight is 573 g/mol. The molecule has 220 valence electrons. The molecule has 3 aliphatic heterocycles. The quantitative estimate of drug-likeness (QED) is 0.296. The molecule has 2 unspecified atom stereocenters. The van der Waals surface area contributed by atoms with Crippen LogP contribution in [0.3, 0.4) is 0 Å². The molecule has 2 bridgehead atoms. The van der Waals surface area contributed by atoms with Crippen LogP contribution in [0.15, 0.2) is 42.6 Å². The van der Waals surface area contributed by atoms with Crippen LogP contribution in [0.1, 0.15) is 32.1 Å². The number of benzene rings is 2. The van der Waals surface area contributed by atoms with E-state index in [1.54, 1.807) is 25.4 Å². The summed E-state index contributed by atoms with van der Waals surface area (Å²) in [5, 5.41) is 16.3. The Kier molecular flexibility index (Phi) is 7.52. The molecular weight excluding hydrogens is 535 g/mol. The van der Waals surface area contributed by atoms with Gasteiger partial charge in [0, 0.05) is 70.3 Å². The number of aromatic hydroxyl groups is 1. The van der Waals surface area contributed by atoms with Crippen molar-refractivity contribution in [3.05, 3.63) is 48.4 Å². The SMILES string of the molecule is COCCCN1CCC(Oc2nc(N3CC4CCC(C3)N4)c3cnc(-c4cc(O)cc5ccccc45)c(F)c3n2)CC1. The Bertz CT molecular complexity index is 1580. The molecule has 42 heavy (non-hydrogen) atoms. The number of aromatic nitrogens is 3. The maximum atomic E-state index is 16.5. The summed E-state index contributed by atoms with van der Waals surface area (Å²) < 4.78 is 28.1. The summed E-state index contributed by atoms with van der Waals surface area (Å²) in [6.07, 6.45) is 6.62. The fraction of sp³-hybridized carbons (Fsp3) is 0.469. The minimum Gasteiger partial charge on any atom is -0.508 e. The van der Waals surface area contributed by atoms with Gasteiger partial charge in [-0.3, -0.25) is 4.98 Å². The van der Waals surface area contributed by atoms with Gasteiger partial charge in [-0.2, -0.15) is 9.97 Å². The normalized spacial score (nSPS) is 21.4. The van der Waals surface area contributed by atoms with E-state index in [1.165, 1.54) is 0 Å². The predicted octanol–water partition coefficient (Wildman–Crippen LogP) is 4.51.